The quantitative estimate of drug-likeness (QED) is 0.304. The molecule has 0 fully saturated rings. The van der Waals surface area contributed by atoms with E-state index in [1.54, 1.807) is 25.1 Å². The van der Waals surface area contributed by atoms with Crippen LogP contribution in [0.1, 0.15) is 34.9 Å². The smallest absolute Gasteiger partial charge is 0.357 e. The van der Waals surface area contributed by atoms with Crippen molar-refractivity contribution >= 4 is 28.3 Å². The van der Waals surface area contributed by atoms with E-state index in [4.69, 9.17) is 9.47 Å². The zero-order chi connectivity index (χ0) is 26.8. The van der Waals surface area contributed by atoms with E-state index in [1.807, 2.05) is 30.3 Å². The Balaban J connectivity index is 1.54. The first kappa shape index (κ1) is 25.1. The molecule has 0 unspecified atom stereocenters. The van der Waals surface area contributed by atoms with E-state index in [9.17, 15) is 19.5 Å². The van der Waals surface area contributed by atoms with Gasteiger partial charge in [0.2, 0.25) is 11.8 Å². The van der Waals surface area contributed by atoms with Crippen LogP contribution in [0.5, 0.6) is 17.4 Å². The number of hydrogen-bond acceptors (Lipinski definition) is 9. The summed E-state index contributed by atoms with van der Waals surface area (Å²) in [5, 5.41) is 15.5. The van der Waals surface area contributed by atoms with Crippen LogP contribution in [0.4, 0.5) is 5.13 Å². The minimum absolute atomic E-state index is 0.0445. The summed E-state index contributed by atoms with van der Waals surface area (Å²) in [6.45, 7) is 2.59. The highest BCUT2D eigenvalue weighted by Crippen LogP contribution is 2.39. The summed E-state index contributed by atoms with van der Waals surface area (Å²) >= 11 is 1.04. The fourth-order valence-electron chi connectivity index (χ4n) is 4.31. The molecule has 11 nitrogen and oxygen atoms in total. The summed E-state index contributed by atoms with van der Waals surface area (Å²) in [7, 11) is 1.23. The van der Waals surface area contributed by atoms with Crippen LogP contribution < -0.4 is 20.5 Å². The number of thiazole rings is 1. The van der Waals surface area contributed by atoms with Crippen LogP contribution >= 0.6 is 11.3 Å². The number of carbonyl (C=O) groups is 2. The Kier molecular flexibility index (Phi) is 6.88. The maximum atomic E-state index is 13.6. The number of nitrogens with zero attached hydrogens (tertiary/aromatic N) is 2. The molecule has 0 saturated carbocycles. The van der Waals surface area contributed by atoms with Crippen molar-refractivity contribution in [1.82, 2.24) is 14.5 Å². The maximum absolute atomic E-state index is 13.6. The molecule has 1 amide bonds. The lowest BCUT2D eigenvalue weighted by atomic mass is 9.92. The van der Waals surface area contributed by atoms with E-state index in [0.29, 0.717) is 30.3 Å². The molecule has 1 aliphatic rings. The SMILES string of the molecule is COC(=O)c1csc(NC(=O)[C@H]([C@@H](C)c2ccccc2)n2c(O)c(-c3ccc4c(c3)OCCO4)[nH]c2=O)n1. The van der Waals surface area contributed by atoms with Gasteiger partial charge in [-0.1, -0.05) is 37.3 Å². The number of nitrogens with one attached hydrogen (secondary N) is 2. The van der Waals surface area contributed by atoms with Gasteiger partial charge in [0.15, 0.2) is 22.3 Å². The Morgan fingerprint density at radius 3 is 2.63 bits per heavy atom. The molecule has 2 aromatic carbocycles. The monoisotopic (exact) mass is 536 g/mol. The number of rotatable bonds is 7. The highest BCUT2D eigenvalue weighted by atomic mass is 32.1. The lowest BCUT2D eigenvalue weighted by Gasteiger charge is -2.24. The summed E-state index contributed by atoms with van der Waals surface area (Å²) in [5.41, 5.74) is 0.757. The molecule has 0 aliphatic carbocycles. The van der Waals surface area contributed by atoms with Gasteiger partial charge in [0, 0.05) is 16.9 Å². The minimum atomic E-state index is -1.17. The molecule has 2 atom stereocenters. The van der Waals surface area contributed by atoms with Crippen molar-refractivity contribution < 1.29 is 28.9 Å². The lowest BCUT2D eigenvalue weighted by Crippen LogP contribution is -2.35. The first-order valence-electron chi connectivity index (χ1n) is 11.7. The normalized spacial score (nSPS) is 13.9. The van der Waals surface area contributed by atoms with Gasteiger partial charge in [0.25, 0.3) is 0 Å². The average molecular weight is 537 g/mol. The Bertz CT molecular complexity index is 1540. The first-order chi connectivity index (χ1) is 18.4. The molecule has 0 saturated heterocycles. The second kappa shape index (κ2) is 10.4. The van der Waals surface area contributed by atoms with Crippen LogP contribution in [0.3, 0.4) is 0 Å². The molecule has 0 bridgehead atoms. The number of aromatic hydroxyl groups is 1. The van der Waals surface area contributed by atoms with Gasteiger partial charge in [-0.2, -0.15) is 0 Å². The van der Waals surface area contributed by atoms with E-state index >= 15 is 0 Å². The number of aromatic amines is 1. The molecule has 196 valence electrons. The van der Waals surface area contributed by atoms with Gasteiger partial charge in [-0.05, 0) is 23.8 Å². The lowest BCUT2D eigenvalue weighted by molar-refractivity contribution is -0.120. The van der Waals surface area contributed by atoms with Gasteiger partial charge in [0.05, 0.1) is 7.11 Å². The van der Waals surface area contributed by atoms with Gasteiger partial charge < -0.3 is 29.6 Å². The van der Waals surface area contributed by atoms with Crippen LogP contribution in [-0.2, 0) is 9.53 Å². The Labute approximate surface area is 220 Å². The molecular weight excluding hydrogens is 512 g/mol. The molecule has 5 rings (SSSR count). The zero-order valence-corrected chi connectivity index (χ0v) is 21.3. The zero-order valence-electron chi connectivity index (χ0n) is 20.5. The van der Waals surface area contributed by atoms with E-state index in [-0.39, 0.29) is 16.5 Å². The summed E-state index contributed by atoms with van der Waals surface area (Å²) < 4.78 is 16.9. The van der Waals surface area contributed by atoms with Crippen molar-refractivity contribution in [2.45, 2.75) is 18.9 Å². The van der Waals surface area contributed by atoms with Crippen LogP contribution in [0, 0.1) is 0 Å². The second-order valence-corrected chi connectivity index (χ2v) is 9.38. The summed E-state index contributed by atoms with van der Waals surface area (Å²) in [6, 6.07) is 13.0. The fourth-order valence-corrected chi connectivity index (χ4v) is 5.00. The molecule has 2 aromatic heterocycles. The summed E-state index contributed by atoms with van der Waals surface area (Å²) in [4.78, 5) is 45.4. The van der Waals surface area contributed by atoms with Crippen molar-refractivity contribution in [3.05, 3.63) is 75.7 Å². The van der Waals surface area contributed by atoms with Gasteiger partial charge in [0.1, 0.15) is 24.9 Å². The van der Waals surface area contributed by atoms with E-state index in [2.05, 4.69) is 20.0 Å². The predicted octanol–water partition coefficient (Wildman–Crippen LogP) is 3.55. The topological polar surface area (TPSA) is 145 Å². The van der Waals surface area contributed by atoms with Gasteiger partial charge in [-0.25, -0.2) is 19.1 Å². The Morgan fingerprint density at radius 2 is 1.89 bits per heavy atom. The highest BCUT2D eigenvalue weighted by molar-refractivity contribution is 7.14. The molecule has 38 heavy (non-hydrogen) atoms. The minimum Gasteiger partial charge on any atom is -0.493 e. The second-order valence-electron chi connectivity index (χ2n) is 8.52. The largest absolute Gasteiger partial charge is 0.493 e. The molecule has 4 aromatic rings. The molecule has 0 radical (unpaired) electrons. The fraction of sp³-hybridized carbons (Fsp3) is 0.231. The Morgan fingerprint density at radius 1 is 1.16 bits per heavy atom. The van der Waals surface area contributed by atoms with Crippen molar-refractivity contribution in [3.8, 4) is 28.6 Å². The van der Waals surface area contributed by atoms with Crippen molar-refractivity contribution in [1.29, 1.82) is 0 Å². The van der Waals surface area contributed by atoms with Crippen molar-refractivity contribution in [3.63, 3.8) is 0 Å². The van der Waals surface area contributed by atoms with Gasteiger partial charge in [-0.3, -0.25) is 4.79 Å². The van der Waals surface area contributed by atoms with Crippen molar-refractivity contribution in [2.24, 2.45) is 0 Å². The van der Waals surface area contributed by atoms with Crippen LogP contribution in [0.2, 0.25) is 0 Å². The third kappa shape index (κ3) is 4.73. The predicted molar refractivity (Wildman–Crippen MR) is 139 cm³/mol. The highest BCUT2D eigenvalue weighted by Gasteiger charge is 2.34. The number of hydrogen-bond donors (Lipinski definition) is 3. The number of amides is 1. The summed E-state index contributed by atoms with van der Waals surface area (Å²) in [6.07, 6.45) is 0. The molecule has 3 heterocycles. The number of ether oxygens (including phenoxy) is 3. The number of carbonyl (C=O) groups excluding carboxylic acids is 2. The third-order valence-electron chi connectivity index (χ3n) is 6.21. The van der Waals surface area contributed by atoms with Gasteiger partial charge >= 0.3 is 11.7 Å². The number of H-pyrrole nitrogens is 1. The third-order valence-corrected chi connectivity index (χ3v) is 6.97. The molecule has 3 N–H and O–H groups in total. The van der Waals surface area contributed by atoms with E-state index in [1.165, 1.54) is 12.5 Å². The number of imidazole rings is 1. The number of fused-ring (bicyclic) bond motifs is 1. The van der Waals surface area contributed by atoms with Crippen LogP contribution in [0.15, 0.2) is 58.7 Å². The van der Waals surface area contributed by atoms with E-state index in [0.717, 1.165) is 21.5 Å². The number of esters is 1. The average Bonchev–Trinajstić information content (AvgIpc) is 3.52. The summed E-state index contributed by atoms with van der Waals surface area (Å²) in [5.74, 6) is -1.14. The van der Waals surface area contributed by atoms with E-state index < -0.39 is 35.4 Å². The molecule has 0 spiro atoms. The van der Waals surface area contributed by atoms with Crippen LogP contribution in [-0.4, -0.2) is 51.8 Å². The number of benzene rings is 2. The van der Waals surface area contributed by atoms with Crippen molar-refractivity contribution in [2.75, 3.05) is 25.6 Å². The first-order valence-corrected chi connectivity index (χ1v) is 12.6. The molecule has 12 heteroatoms. The molecular formula is C26H24N4O7S. The maximum Gasteiger partial charge on any atom is 0.357 e. The molecule has 1 aliphatic heterocycles. The number of anilines is 1. The van der Waals surface area contributed by atoms with Gasteiger partial charge in [-0.15, -0.1) is 11.3 Å². The van der Waals surface area contributed by atoms with Crippen LogP contribution in [0.25, 0.3) is 11.3 Å². The standard InChI is InChI=1S/C26H24N4O7S/c1-14(15-6-4-3-5-7-15)21(22(31)29-25-27-17(13-38-25)24(33)35-2)30-23(32)20(28-26(30)34)16-8-9-18-19(12-16)37-11-10-36-18/h3-9,12-14,21,32H,10-11H2,1-2H3,(H,28,34)(H,27,29,31)/t14-,21-/m0/s1. The Hall–Kier alpha value is -4.58. The number of methoxy groups -OCH3 is 1. The number of aromatic nitrogens is 3.